The topological polar surface area (TPSA) is 95.5 Å². The van der Waals surface area contributed by atoms with E-state index in [1.807, 2.05) is 0 Å². The molecule has 2 fully saturated rings. The molecule has 2 amide bonds. The van der Waals surface area contributed by atoms with Gasteiger partial charge in [-0.2, -0.15) is 0 Å². The second kappa shape index (κ2) is 5.79. The van der Waals surface area contributed by atoms with Gasteiger partial charge in [-0.3, -0.25) is 14.4 Å². The maximum Gasteiger partial charge on any atom is 0.322 e. The smallest absolute Gasteiger partial charge is 0.322 e. The van der Waals surface area contributed by atoms with E-state index in [1.165, 1.54) is 6.42 Å². The third-order valence-corrected chi connectivity index (χ3v) is 4.52. The Balaban J connectivity index is 1.54. The van der Waals surface area contributed by atoms with Crippen LogP contribution in [0.1, 0.15) is 29.6 Å². The molecular weight excluding hydrogens is 284 g/mol. The number of carboxylic acids is 1. The minimum absolute atomic E-state index is 0.0674. The van der Waals surface area contributed by atoms with Gasteiger partial charge < -0.3 is 15.7 Å². The fourth-order valence-corrected chi connectivity index (χ4v) is 3.40. The summed E-state index contributed by atoms with van der Waals surface area (Å²) in [5.74, 6) is -0.170. The van der Waals surface area contributed by atoms with E-state index in [0.717, 1.165) is 12.8 Å². The minimum atomic E-state index is -1.09. The molecule has 6 heteroatoms. The quantitative estimate of drug-likeness (QED) is 0.768. The van der Waals surface area contributed by atoms with Gasteiger partial charge in [0.1, 0.15) is 6.54 Å². The number of nitrogens with one attached hydrogen (secondary N) is 2. The number of hydrogen-bond acceptors (Lipinski definition) is 3. The molecule has 0 radical (unpaired) electrons. The van der Waals surface area contributed by atoms with Gasteiger partial charge in [-0.15, -0.1) is 0 Å². The highest BCUT2D eigenvalue weighted by Crippen LogP contribution is 2.57. The van der Waals surface area contributed by atoms with Crippen molar-refractivity contribution in [3.8, 4) is 0 Å². The van der Waals surface area contributed by atoms with E-state index in [4.69, 9.17) is 5.11 Å². The lowest BCUT2D eigenvalue weighted by Crippen LogP contribution is -2.29. The van der Waals surface area contributed by atoms with Gasteiger partial charge in [-0.25, -0.2) is 0 Å². The molecule has 0 bridgehead atoms. The van der Waals surface area contributed by atoms with Crippen LogP contribution in [0.5, 0.6) is 0 Å². The second-order valence-electron chi connectivity index (χ2n) is 5.93. The van der Waals surface area contributed by atoms with Gasteiger partial charge in [0.25, 0.3) is 5.91 Å². The predicted molar refractivity (Wildman–Crippen MR) is 79.4 cm³/mol. The van der Waals surface area contributed by atoms with Gasteiger partial charge in [0.15, 0.2) is 0 Å². The van der Waals surface area contributed by atoms with Crippen molar-refractivity contribution >= 4 is 23.5 Å². The van der Waals surface area contributed by atoms with Gasteiger partial charge in [0, 0.05) is 17.2 Å². The summed E-state index contributed by atoms with van der Waals surface area (Å²) in [4.78, 5) is 34.2. The molecule has 0 aromatic heterocycles. The highest BCUT2D eigenvalue weighted by atomic mass is 16.4. The lowest BCUT2D eigenvalue weighted by Gasteiger charge is -2.08. The number of hydrogen-bond donors (Lipinski definition) is 3. The first-order chi connectivity index (χ1) is 10.6. The first kappa shape index (κ1) is 14.6. The molecule has 3 N–H and O–H groups in total. The van der Waals surface area contributed by atoms with Crippen molar-refractivity contribution in [2.45, 2.75) is 19.3 Å². The second-order valence-corrected chi connectivity index (χ2v) is 5.93. The average molecular weight is 302 g/mol. The summed E-state index contributed by atoms with van der Waals surface area (Å²) in [5.41, 5.74) is 1.02. The fourth-order valence-electron chi connectivity index (χ4n) is 3.40. The van der Waals surface area contributed by atoms with E-state index in [1.54, 1.807) is 24.3 Å². The maximum atomic E-state index is 12.1. The highest BCUT2D eigenvalue weighted by Gasteiger charge is 2.56. The van der Waals surface area contributed by atoms with Crippen LogP contribution in [0.15, 0.2) is 24.3 Å². The van der Waals surface area contributed by atoms with Gasteiger partial charge in [-0.1, -0.05) is 6.42 Å². The van der Waals surface area contributed by atoms with Crippen molar-refractivity contribution in [2.75, 3.05) is 11.9 Å². The molecule has 6 nitrogen and oxygen atoms in total. The molecule has 2 atom stereocenters. The largest absolute Gasteiger partial charge is 0.480 e. The zero-order valence-electron chi connectivity index (χ0n) is 12.0. The molecule has 0 spiro atoms. The molecule has 2 aliphatic rings. The Morgan fingerprint density at radius 3 is 2.32 bits per heavy atom. The van der Waals surface area contributed by atoms with E-state index in [-0.39, 0.29) is 11.8 Å². The van der Waals surface area contributed by atoms with Crippen LogP contribution >= 0.6 is 0 Å². The molecule has 1 aromatic rings. The monoisotopic (exact) mass is 302 g/mol. The Hall–Kier alpha value is -2.37. The molecule has 0 saturated heterocycles. The van der Waals surface area contributed by atoms with Crippen LogP contribution in [0.3, 0.4) is 0 Å². The maximum absolute atomic E-state index is 12.1. The number of benzene rings is 1. The Morgan fingerprint density at radius 1 is 1.09 bits per heavy atom. The van der Waals surface area contributed by atoms with Gasteiger partial charge in [0.2, 0.25) is 5.91 Å². The van der Waals surface area contributed by atoms with Crippen LogP contribution in [-0.4, -0.2) is 29.4 Å². The first-order valence-corrected chi connectivity index (χ1v) is 7.47. The van der Waals surface area contributed by atoms with Crippen molar-refractivity contribution in [2.24, 2.45) is 17.8 Å². The van der Waals surface area contributed by atoms with E-state index in [2.05, 4.69) is 10.6 Å². The Labute approximate surface area is 127 Å². The SMILES string of the molecule is O=C(O)CNC(=O)c1ccc(NC(=O)C2C3CCCC32)cc1. The minimum Gasteiger partial charge on any atom is -0.480 e. The van der Waals surface area contributed by atoms with E-state index in [0.29, 0.717) is 23.1 Å². The number of anilines is 1. The summed E-state index contributed by atoms with van der Waals surface area (Å²) in [6.45, 7) is -0.415. The third kappa shape index (κ3) is 2.95. The lowest BCUT2D eigenvalue weighted by molar-refractivity contribution is -0.135. The van der Waals surface area contributed by atoms with Gasteiger partial charge in [0.05, 0.1) is 0 Å². The first-order valence-electron chi connectivity index (χ1n) is 7.47. The van der Waals surface area contributed by atoms with Crippen LogP contribution in [0.4, 0.5) is 5.69 Å². The van der Waals surface area contributed by atoms with E-state index < -0.39 is 18.4 Å². The number of carbonyl (C=O) groups excluding carboxylic acids is 2. The zero-order valence-corrected chi connectivity index (χ0v) is 12.0. The van der Waals surface area contributed by atoms with Crippen LogP contribution < -0.4 is 10.6 Å². The molecule has 2 saturated carbocycles. The molecule has 22 heavy (non-hydrogen) atoms. The summed E-state index contributed by atoms with van der Waals surface area (Å²) < 4.78 is 0. The molecule has 116 valence electrons. The summed E-state index contributed by atoms with van der Waals surface area (Å²) in [5, 5.41) is 13.7. The molecule has 1 aromatic carbocycles. The molecule has 0 heterocycles. The van der Waals surface area contributed by atoms with Gasteiger partial charge >= 0.3 is 5.97 Å². The molecular formula is C16H18N2O4. The van der Waals surface area contributed by atoms with Crippen molar-refractivity contribution in [1.29, 1.82) is 0 Å². The van der Waals surface area contributed by atoms with Crippen LogP contribution in [0.25, 0.3) is 0 Å². The van der Waals surface area contributed by atoms with E-state index in [9.17, 15) is 14.4 Å². The number of carbonyl (C=O) groups is 3. The van der Waals surface area contributed by atoms with Crippen molar-refractivity contribution < 1.29 is 19.5 Å². The zero-order chi connectivity index (χ0) is 15.7. The normalized spacial score (nSPS) is 25.2. The third-order valence-electron chi connectivity index (χ3n) is 4.52. The van der Waals surface area contributed by atoms with Crippen molar-refractivity contribution in [3.05, 3.63) is 29.8 Å². The Bertz CT molecular complexity index is 601. The summed E-state index contributed by atoms with van der Waals surface area (Å²) >= 11 is 0. The van der Waals surface area contributed by atoms with Crippen LogP contribution in [-0.2, 0) is 9.59 Å². The number of amides is 2. The predicted octanol–water partition coefficient (Wildman–Crippen LogP) is 1.49. The summed E-state index contributed by atoms with van der Waals surface area (Å²) in [6.07, 6.45) is 3.55. The average Bonchev–Trinajstić information content (AvgIpc) is 2.99. The molecule has 2 unspecified atom stereocenters. The summed E-state index contributed by atoms with van der Waals surface area (Å²) in [6, 6.07) is 6.46. The number of carboxylic acid groups (broad SMARTS) is 1. The molecule has 3 rings (SSSR count). The highest BCUT2D eigenvalue weighted by molar-refractivity contribution is 5.98. The van der Waals surface area contributed by atoms with Crippen LogP contribution in [0.2, 0.25) is 0 Å². The standard InChI is InChI=1S/C16H18N2O4/c19-13(20)8-17-15(21)9-4-6-10(7-5-9)18-16(22)14-11-2-1-3-12(11)14/h4-7,11-12,14H,1-3,8H2,(H,17,21)(H,18,22)(H,19,20). The summed E-state index contributed by atoms with van der Waals surface area (Å²) in [7, 11) is 0. The van der Waals surface area contributed by atoms with Crippen molar-refractivity contribution in [3.63, 3.8) is 0 Å². The number of aliphatic carboxylic acids is 1. The number of rotatable bonds is 5. The molecule has 2 aliphatic carbocycles. The van der Waals surface area contributed by atoms with E-state index >= 15 is 0 Å². The van der Waals surface area contributed by atoms with Crippen molar-refractivity contribution in [1.82, 2.24) is 5.32 Å². The number of fused-ring (bicyclic) bond motifs is 1. The molecule has 0 aliphatic heterocycles. The van der Waals surface area contributed by atoms with Gasteiger partial charge in [-0.05, 0) is 48.9 Å². The Kier molecular flexibility index (Phi) is 3.83. The lowest BCUT2D eigenvalue weighted by atomic mass is 10.1. The van der Waals surface area contributed by atoms with Crippen LogP contribution in [0, 0.1) is 17.8 Å². The Morgan fingerprint density at radius 2 is 1.73 bits per heavy atom. The fraction of sp³-hybridized carbons (Fsp3) is 0.438.